The molecule has 2 heteroatoms. The maximum atomic E-state index is 6.07. The zero-order chi connectivity index (χ0) is 9.80. The molecule has 1 atom stereocenters. The van der Waals surface area contributed by atoms with Crippen molar-refractivity contribution in [2.24, 2.45) is 5.73 Å². The minimum absolute atomic E-state index is 0.109. The van der Waals surface area contributed by atoms with Crippen LogP contribution in [0.4, 0.5) is 0 Å². The van der Waals surface area contributed by atoms with Gasteiger partial charge in [0.05, 0.1) is 12.5 Å². The summed E-state index contributed by atoms with van der Waals surface area (Å²) >= 11 is 0. The van der Waals surface area contributed by atoms with Gasteiger partial charge < -0.3 is 10.2 Å². The van der Waals surface area contributed by atoms with Crippen molar-refractivity contribution >= 4 is 0 Å². The van der Waals surface area contributed by atoms with Gasteiger partial charge in [-0.05, 0) is 38.2 Å². The first-order valence-electron chi connectivity index (χ1n) is 5.32. The number of allylic oxidation sites excluding steroid dienone is 1. The highest BCUT2D eigenvalue weighted by atomic mass is 16.3. The van der Waals surface area contributed by atoms with Crippen LogP contribution < -0.4 is 5.73 Å². The molecule has 0 radical (unpaired) electrons. The smallest absolute Gasteiger partial charge is 0.0950 e. The lowest BCUT2D eigenvalue weighted by atomic mass is 9.93. The van der Waals surface area contributed by atoms with Gasteiger partial charge in [-0.2, -0.15) is 0 Å². The summed E-state index contributed by atoms with van der Waals surface area (Å²) in [5.74, 6) is 0. The van der Waals surface area contributed by atoms with Crippen molar-refractivity contribution in [1.82, 2.24) is 0 Å². The Kier molecular flexibility index (Phi) is 3.04. The molecule has 0 aliphatic heterocycles. The third-order valence-corrected chi connectivity index (χ3v) is 2.84. The number of hydrogen-bond acceptors (Lipinski definition) is 2. The van der Waals surface area contributed by atoms with Crippen molar-refractivity contribution in [3.63, 3.8) is 0 Å². The molecule has 2 rings (SSSR count). The van der Waals surface area contributed by atoms with Crippen LogP contribution in [0.25, 0.3) is 0 Å². The fourth-order valence-electron chi connectivity index (χ4n) is 1.98. The number of nitrogens with two attached hydrogens (primary N) is 1. The predicted molar refractivity (Wildman–Crippen MR) is 56.8 cm³/mol. The van der Waals surface area contributed by atoms with E-state index in [9.17, 15) is 0 Å². The molecule has 76 valence electrons. The van der Waals surface area contributed by atoms with Crippen molar-refractivity contribution in [2.45, 2.75) is 38.1 Å². The Balaban J connectivity index is 1.94. The summed E-state index contributed by atoms with van der Waals surface area (Å²) < 4.78 is 5.03. The van der Waals surface area contributed by atoms with Crippen LogP contribution in [-0.2, 0) is 0 Å². The number of hydrogen-bond donors (Lipinski definition) is 1. The molecule has 1 aromatic rings. The van der Waals surface area contributed by atoms with Crippen LogP contribution in [0.5, 0.6) is 0 Å². The Bertz CT molecular complexity index is 300. The molecule has 0 aromatic carbocycles. The topological polar surface area (TPSA) is 39.2 Å². The molecule has 0 saturated carbocycles. The van der Waals surface area contributed by atoms with E-state index in [0.717, 1.165) is 12.0 Å². The van der Waals surface area contributed by atoms with Crippen molar-refractivity contribution < 1.29 is 4.42 Å². The molecular weight excluding hydrogens is 174 g/mol. The van der Waals surface area contributed by atoms with Crippen LogP contribution in [0.15, 0.2) is 34.7 Å². The quantitative estimate of drug-likeness (QED) is 0.745. The molecule has 1 aromatic heterocycles. The second-order valence-corrected chi connectivity index (χ2v) is 3.98. The van der Waals surface area contributed by atoms with Crippen molar-refractivity contribution in [1.29, 1.82) is 0 Å². The van der Waals surface area contributed by atoms with Gasteiger partial charge in [0, 0.05) is 11.6 Å². The monoisotopic (exact) mass is 191 g/mol. The van der Waals surface area contributed by atoms with Gasteiger partial charge in [0.25, 0.3) is 0 Å². The van der Waals surface area contributed by atoms with Gasteiger partial charge in [0.1, 0.15) is 0 Å². The average Bonchev–Trinajstić information content (AvgIpc) is 2.72. The molecule has 14 heavy (non-hydrogen) atoms. The summed E-state index contributed by atoms with van der Waals surface area (Å²) in [5, 5.41) is 0. The average molecular weight is 191 g/mol. The van der Waals surface area contributed by atoms with Crippen LogP contribution in [0.3, 0.4) is 0 Å². The van der Waals surface area contributed by atoms with Crippen LogP contribution in [0.2, 0.25) is 0 Å². The zero-order valence-corrected chi connectivity index (χ0v) is 8.41. The van der Waals surface area contributed by atoms with Crippen molar-refractivity contribution in [3.8, 4) is 0 Å². The molecule has 1 aliphatic rings. The second kappa shape index (κ2) is 4.47. The Morgan fingerprint density at radius 1 is 1.43 bits per heavy atom. The van der Waals surface area contributed by atoms with Crippen molar-refractivity contribution in [2.75, 3.05) is 0 Å². The highest BCUT2D eigenvalue weighted by molar-refractivity contribution is 5.16. The molecule has 1 unspecified atom stereocenters. The van der Waals surface area contributed by atoms with Gasteiger partial charge in [-0.3, -0.25) is 0 Å². The van der Waals surface area contributed by atoms with Gasteiger partial charge in [0.2, 0.25) is 0 Å². The fraction of sp³-hybridized carbons (Fsp3) is 0.500. The van der Waals surface area contributed by atoms with E-state index in [-0.39, 0.29) is 6.04 Å². The first-order chi connectivity index (χ1) is 6.86. The van der Waals surface area contributed by atoms with E-state index < -0.39 is 0 Å². The lowest BCUT2D eigenvalue weighted by molar-refractivity contribution is 0.555. The Labute approximate surface area is 84.8 Å². The molecule has 1 heterocycles. The normalized spacial score (nSPS) is 19.1. The van der Waals surface area contributed by atoms with Crippen molar-refractivity contribution in [3.05, 3.63) is 35.8 Å². The second-order valence-electron chi connectivity index (χ2n) is 3.98. The van der Waals surface area contributed by atoms with E-state index in [4.69, 9.17) is 10.2 Å². The number of rotatable bonds is 3. The van der Waals surface area contributed by atoms with Gasteiger partial charge >= 0.3 is 0 Å². The third-order valence-electron chi connectivity index (χ3n) is 2.84. The molecule has 1 aliphatic carbocycles. The number of furan rings is 1. The van der Waals surface area contributed by atoms with E-state index in [0.29, 0.717) is 0 Å². The summed E-state index contributed by atoms with van der Waals surface area (Å²) in [6, 6.07) is 2.06. The van der Waals surface area contributed by atoms with Crippen LogP contribution in [0.1, 0.15) is 43.7 Å². The first kappa shape index (κ1) is 9.53. The fourth-order valence-corrected chi connectivity index (χ4v) is 1.98. The summed E-state index contributed by atoms with van der Waals surface area (Å²) in [6.45, 7) is 0. The van der Waals surface area contributed by atoms with Crippen LogP contribution >= 0.6 is 0 Å². The molecule has 0 amide bonds. The standard InChI is InChI=1S/C12H17NO/c13-12(11-6-7-14-9-11)8-10-4-2-1-3-5-10/h4,6-7,9,12H,1-3,5,8,13H2. The van der Waals surface area contributed by atoms with Gasteiger partial charge in [-0.1, -0.05) is 11.6 Å². The maximum Gasteiger partial charge on any atom is 0.0950 e. The largest absolute Gasteiger partial charge is 0.472 e. The van der Waals surface area contributed by atoms with E-state index in [1.54, 1.807) is 12.5 Å². The van der Waals surface area contributed by atoms with Gasteiger partial charge in [0.15, 0.2) is 0 Å². The Hall–Kier alpha value is -1.02. The lowest BCUT2D eigenvalue weighted by Crippen LogP contribution is -2.11. The predicted octanol–water partition coefficient (Wildman–Crippen LogP) is 3.17. The highest BCUT2D eigenvalue weighted by Crippen LogP contribution is 2.26. The SMILES string of the molecule is NC(CC1=CCCCC1)c1ccoc1. The minimum atomic E-state index is 0.109. The summed E-state index contributed by atoms with van der Waals surface area (Å²) in [4.78, 5) is 0. The Morgan fingerprint density at radius 2 is 2.36 bits per heavy atom. The third kappa shape index (κ3) is 2.26. The minimum Gasteiger partial charge on any atom is -0.472 e. The first-order valence-corrected chi connectivity index (χ1v) is 5.32. The zero-order valence-electron chi connectivity index (χ0n) is 8.41. The van der Waals surface area contributed by atoms with E-state index in [1.807, 2.05) is 6.07 Å². The molecular formula is C12H17NO. The van der Waals surface area contributed by atoms with E-state index in [1.165, 1.54) is 31.3 Å². The maximum absolute atomic E-state index is 6.07. The van der Waals surface area contributed by atoms with Crippen LogP contribution in [-0.4, -0.2) is 0 Å². The molecule has 2 N–H and O–H groups in total. The Morgan fingerprint density at radius 3 is 3.00 bits per heavy atom. The van der Waals surface area contributed by atoms with E-state index >= 15 is 0 Å². The summed E-state index contributed by atoms with van der Waals surface area (Å²) in [5.41, 5.74) is 8.70. The van der Waals surface area contributed by atoms with Gasteiger partial charge in [-0.25, -0.2) is 0 Å². The lowest BCUT2D eigenvalue weighted by Gasteiger charge is -2.16. The van der Waals surface area contributed by atoms with Gasteiger partial charge in [-0.15, -0.1) is 0 Å². The van der Waals surface area contributed by atoms with Crippen LogP contribution in [0, 0.1) is 0 Å². The molecule has 0 bridgehead atoms. The summed E-state index contributed by atoms with van der Waals surface area (Å²) in [7, 11) is 0. The molecule has 0 spiro atoms. The van der Waals surface area contributed by atoms with E-state index in [2.05, 4.69) is 6.08 Å². The summed E-state index contributed by atoms with van der Waals surface area (Å²) in [6.07, 6.45) is 11.9. The highest BCUT2D eigenvalue weighted by Gasteiger charge is 2.11. The molecule has 0 saturated heterocycles. The molecule has 0 fully saturated rings. The molecule has 2 nitrogen and oxygen atoms in total.